The molecule has 3 aliphatic rings. The molecule has 0 bridgehead atoms. The van der Waals surface area contributed by atoms with Gasteiger partial charge >= 0.3 is 71.2 Å². The van der Waals surface area contributed by atoms with Gasteiger partial charge in [0.05, 0.1) is 35.4 Å². The zero-order chi connectivity index (χ0) is 39.1. The van der Waals surface area contributed by atoms with Crippen LogP contribution in [0.15, 0.2) is 64.7 Å². The van der Waals surface area contributed by atoms with E-state index in [0.717, 1.165) is 13.2 Å². The number of amides is 3. The van der Waals surface area contributed by atoms with Crippen LogP contribution in [0.1, 0.15) is 28.8 Å². The fraction of sp³-hybridized carbons (Fsp3) is 0.343. The molecule has 1 aromatic heterocycles. The zero-order valence-electron chi connectivity index (χ0n) is 30.7. The number of rotatable bonds is 11. The third-order valence-corrected chi connectivity index (χ3v) is 9.53. The number of hydrogen-bond acceptors (Lipinski definition) is 13. The Morgan fingerprint density at radius 2 is 1.71 bits per heavy atom. The van der Waals surface area contributed by atoms with E-state index in [0.29, 0.717) is 17.0 Å². The molecule has 2 N–H and O–H groups in total. The number of β-lactam (4-membered cyclic amide) rings is 1. The molecule has 0 aliphatic carbocycles. The molecule has 0 spiro atoms. The largest absolute Gasteiger partial charge is 1.00 e. The molecule has 2 fully saturated rings. The molecule has 3 amide bonds. The molecule has 0 radical (unpaired) electrons. The van der Waals surface area contributed by atoms with Crippen LogP contribution in [0.4, 0.5) is 14.9 Å². The minimum absolute atomic E-state index is 0. The number of fused-ring (bicyclic) bond motifs is 2. The normalized spacial score (nSPS) is 19.5. The van der Waals surface area contributed by atoms with E-state index in [2.05, 4.69) is 5.32 Å². The number of carboxylic acid groups (broad SMARTS) is 3. The first-order chi connectivity index (χ1) is 25.7. The average Bonchev–Trinajstić information content (AvgIpc) is 3.15. The summed E-state index contributed by atoms with van der Waals surface area (Å²) in [7, 11) is 1.03. The summed E-state index contributed by atoms with van der Waals surface area (Å²) in [5, 5.41) is 35.7. The van der Waals surface area contributed by atoms with Gasteiger partial charge in [0.2, 0.25) is 11.3 Å². The number of carbonyl (C=O) groups excluding carboxylic acids is 5. The first-order valence-corrected chi connectivity index (χ1v) is 16.5. The Labute approximate surface area is 361 Å². The van der Waals surface area contributed by atoms with E-state index >= 15 is 4.39 Å². The summed E-state index contributed by atoms with van der Waals surface area (Å²) < 4.78 is 33.1. The molecule has 21 heteroatoms. The van der Waals surface area contributed by atoms with Gasteiger partial charge in [0.15, 0.2) is 6.23 Å². The van der Waals surface area contributed by atoms with Crippen LogP contribution < -0.4 is 85.0 Å². The summed E-state index contributed by atoms with van der Waals surface area (Å²) >= 11 is 0. The van der Waals surface area contributed by atoms with Gasteiger partial charge in [0.25, 0.3) is 11.6 Å². The van der Waals surface area contributed by atoms with Crippen molar-refractivity contribution in [2.75, 3.05) is 51.4 Å². The van der Waals surface area contributed by atoms with E-state index < -0.39 is 89.4 Å². The first kappa shape index (κ1) is 44.4. The third-order valence-electron chi connectivity index (χ3n) is 9.53. The van der Waals surface area contributed by atoms with Gasteiger partial charge in [0, 0.05) is 57.0 Å². The number of hydrogen-bond donors (Lipinski definition) is 2. The Balaban J connectivity index is 0.00000348. The predicted molar refractivity (Wildman–Crippen MR) is 177 cm³/mol. The molecule has 284 valence electrons. The number of aromatic carboxylic acids is 1. The van der Waals surface area contributed by atoms with Gasteiger partial charge in [-0.2, -0.15) is 0 Å². The number of ether oxygens (including phenoxy) is 3. The fourth-order valence-electron chi connectivity index (χ4n) is 6.76. The van der Waals surface area contributed by atoms with Crippen molar-refractivity contribution >= 4 is 52.4 Å². The van der Waals surface area contributed by atoms with Crippen LogP contribution in [0.25, 0.3) is 10.9 Å². The summed E-state index contributed by atoms with van der Waals surface area (Å²) in [4.78, 5) is 91.6. The summed E-state index contributed by atoms with van der Waals surface area (Å²) in [5.74, 6) is -9.93. The zero-order valence-corrected chi connectivity index (χ0v) is 34.7. The molecule has 4 heterocycles. The van der Waals surface area contributed by atoms with Gasteiger partial charge in [-0.25, -0.2) is 14.0 Å². The van der Waals surface area contributed by atoms with Gasteiger partial charge in [0.1, 0.15) is 23.9 Å². The van der Waals surface area contributed by atoms with Crippen molar-refractivity contribution in [1.29, 1.82) is 0 Å². The molecule has 2 unspecified atom stereocenters. The number of carboxylic acids is 3. The predicted octanol–water partition coefficient (Wildman–Crippen LogP) is -7.68. The molecule has 56 heavy (non-hydrogen) atoms. The summed E-state index contributed by atoms with van der Waals surface area (Å²) in [6.45, 7) is 1.26. The minimum Gasteiger partial charge on any atom is -0.549 e. The smallest absolute Gasteiger partial charge is 0.549 e. The number of aromatic nitrogens is 1. The molecule has 18 nitrogen and oxygen atoms in total. The number of carbonyl (C=O) groups is 6. The molecule has 2 saturated heterocycles. The molecule has 3 aliphatic heterocycles. The third kappa shape index (κ3) is 7.94. The number of halogens is 1. The quantitative estimate of drug-likeness (QED) is 0.0794. The van der Waals surface area contributed by atoms with Crippen molar-refractivity contribution in [1.82, 2.24) is 19.7 Å². The number of anilines is 1. The van der Waals surface area contributed by atoms with Gasteiger partial charge < -0.3 is 58.8 Å². The number of aliphatic carboxylic acids is 2. The maximum absolute atomic E-state index is 15.3. The second kappa shape index (κ2) is 17.9. The van der Waals surface area contributed by atoms with E-state index in [1.165, 1.54) is 46.0 Å². The molecule has 2 aromatic carbocycles. The van der Waals surface area contributed by atoms with E-state index in [4.69, 9.17) is 14.2 Å². The number of benzene rings is 2. The molecule has 3 atom stereocenters. The SMILES string of the molecule is CCn1cc(C(=O)O)c(=O)c2cc(F)c(N3CCN(C(=O)OCC4=C(C(=O)[O-])N5C(=O)C(NC(=O)C(C(=O)[O-])c6ccccc6)(OC)[C@H]5OC4)CC3)cc21.[Na+].[Na+]. The molecule has 6 rings (SSSR count). The van der Waals surface area contributed by atoms with Crippen LogP contribution in [-0.2, 0) is 39.9 Å². The maximum atomic E-state index is 15.3. The van der Waals surface area contributed by atoms with E-state index in [-0.39, 0.29) is 108 Å². The Bertz CT molecular complexity index is 2180. The van der Waals surface area contributed by atoms with Crippen molar-refractivity contribution in [3.63, 3.8) is 0 Å². The molecule has 3 aromatic rings. The number of nitrogens with one attached hydrogen (secondary N) is 1. The Kier molecular flexibility index (Phi) is 14.1. The Morgan fingerprint density at radius 1 is 1.05 bits per heavy atom. The number of methoxy groups -OCH3 is 1. The van der Waals surface area contributed by atoms with Gasteiger partial charge in [-0.1, -0.05) is 30.3 Å². The Hall–Kier alpha value is -4.34. The van der Waals surface area contributed by atoms with Gasteiger partial charge in [-0.15, -0.1) is 0 Å². The second-order valence-electron chi connectivity index (χ2n) is 12.5. The summed E-state index contributed by atoms with van der Waals surface area (Å²) in [6, 6.07) is 9.78. The van der Waals surface area contributed by atoms with Crippen molar-refractivity contribution in [3.8, 4) is 0 Å². The van der Waals surface area contributed by atoms with Gasteiger partial charge in [-0.3, -0.25) is 19.3 Å². The second-order valence-corrected chi connectivity index (χ2v) is 12.5. The average molecular weight is 796 g/mol. The standard InChI is InChI=1S/C35H34FN5O13.2Na/c1-3-38-15-21(29(44)45)27(42)20-13-22(36)24(14-23(20)38)39-9-11-40(12-10-39)34(51)54-17-19-16-53-33-35(52-2,32(50)41(33)26(19)31(48)49)37-28(43)25(30(46)47)18-7-5-4-6-8-18;;/h4-8,13-15,25,33H,3,9-12,16-17H2,1-2H3,(H,37,43)(H,44,45)(H,46,47)(H,48,49);;/q;2*+1/p-2/t25?,33-,35?;;/m1../s1. The monoisotopic (exact) mass is 795 g/mol. The van der Waals surface area contributed by atoms with Crippen LogP contribution in [0.2, 0.25) is 0 Å². The fourth-order valence-corrected chi connectivity index (χ4v) is 6.76. The van der Waals surface area contributed by atoms with Crippen LogP contribution in [0.3, 0.4) is 0 Å². The topological polar surface area (TPSA) is 240 Å². The van der Waals surface area contributed by atoms with Crippen LogP contribution >= 0.6 is 0 Å². The summed E-state index contributed by atoms with van der Waals surface area (Å²) in [6.07, 6.45) is -1.21. The van der Waals surface area contributed by atoms with Crippen LogP contribution in [-0.4, -0.2) is 114 Å². The van der Waals surface area contributed by atoms with Crippen molar-refractivity contribution in [3.05, 3.63) is 87.1 Å². The van der Waals surface area contributed by atoms with E-state index in [1.807, 2.05) is 0 Å². The van der Waals surface area contributed by atoms with Crippen molar-refractivity contribution in [2.45, 2.75) is 31.3 Å². The minimum atomic E-state index is -2.30. The molecular formula is C35H32FN5Na2O13. The maximum Gasteiger partial charge on any atom is 1.00 e. The van der Waals surface area contributed by atoms with Crippen LogP contribution in [0.5, 0.6) is 0 Å². The van der Waals surface area contributed by atoms with Gasteiger partial charge in [-0.05, 0) is 24.6 Å². The van der Waals surface area contributed by atoms with Crippen molar-refractivity contribution in [2.24, 2.45) is 0 Å². The number of piperazine rings is 1. The summed E-state index contributed by atoms with van der Waals surface area (Å²) in [5.41, 5.74) is -3.93. The van der Waals surface area contributed by atoms with E-state index in [9.17, 15) is 48.9 Å². The molecular weight excluding hydrogens is 763 g/mol. The Morgan fingerprint density at radius 3 is 2.29 bits per heavy atom. The first-order valence-electron chi connectivity index (χ1n) is 16.5. The van der Waals surface area contributed by atoms with Crippen molar-refractivity contribution < 1.29 is 122 Å². The molecule has 0 saturated carbocycles. The number of aryl methyl sites for hydroxylation is 1. The van der Waals surface area contributed by atoms with Crippen LogP contribution in [0, 0.1) is 5.82 Å². The van der Waals surface area contributed by atoms with E-state index in [1.54, 1.807) is 17.9 Å². The number of pyridine rings is 1. The number of nitrogens with zero attached hydrogens (tertiary/aromatic N) is 4.